The van der Waals surface area contributed by atoms with E-state index in [1.807, 2.05) is 0 Å². The second-order valence-corrected chi connectivity index (χ2v) is 6.17. The first kappa shape index (κ1) is 16.8. The van der Waals surface area contributed by atoms with Gasteiger partial charge in [-0.2, -0.15) is 17.5 Å². The van der Waals surface area contributed by atoms with Gasteiger partial charge in [0.15, 0.2) is 0 Å². The Balaban J connectivity index is 3.11. The van der Waals surface area contributed by atoms with Crippen molar-refractivity contribution in [3.63, 3.8) is 0 Å². The molecule has 0 unspecified atom stereocenters. The zero-order valence-corrected chi connectivity index (χ0v) is 12.0. The highest BCUT2D eigenvalue weighted by Crippen LogP contribution is 2.22. The van der Waals surface area contributed by atoms with Crippen LogP contribution in [-0.4, -0.2) is 42.0 Å². The molecule has 0 amide bonds. The number of aromatic nitrogens is 1. The fourth-order valence-electron chi connectivity index (χ4n) is 1.39. The van der Waals surface area contributed by atoms with Crippen molar-refractivity contribution in [2.75, 3.05) is 13.1 Å². The third-order valence-corrected chi connectivity index (χ3v) is 4.45. The van der Waals surface area contributed by atoms with Crippen molar-refractivity contribution in [2.24, 2.45) is 5.73 Å². The van der Waals surface area contributed by atoms with Gasteiger partial charge in [-0.1, -0.05) is 19.1 Å². The number of sulfonamides is 1. The molecule has 0 saturated carbocycles. The maximum atomic E-state index is 12.4. The van der Waals surface area contributed by atoms with Crippen LogP contribution in [0.5, 0.6) is 0 Å². The molecule has 0 aliphatic rings. The molecule has 1 rings (SSSR count). The molecule has 0 bridgehead atoms. The standard InChI is InChI=1S/C10H12F3N3O2S2/c1-2-16(6-10(11,12)13)20(17,18)7-3-4-8(9(14)19)15-5-7/h3-5H,2,6H2,1H3,(H2,14,19). The van der Waals surface area contributed by atoms with Gasteiger partial charge in [-0.05, 0) is 12.1 Å². The zero-order chi connectivity index (χ0) is 15.6. The average Bonchev–Trinajstić information content (AvgIpc) is 2.34. The molecule has 112 valence electrons. The molecule has 1 aromatic heterocycles. The Labute approximate surface area is 119 Å². The Morgan fingerprint density at radius 1 is 1.45 bits per heavy atom. The van der Waals surface area contributed by atoms with Gasteiger partial charge in [-0.15, -0.1) is 0 Å². The highest BCUT2D eigenvalue weighted by Gasteiger charge is 2.36. The first-order valence-electron chi connectivity index (χ1n) is 5.40. The Morgan fingerprint density at radius 3 is 2.40 bits per heavy atom. The van der Waals surface area contributed by atoms with Gasteiger partial charge in [-0.25, -0.2) is 8.42 Å². The van der Waals surface area contributed by atoms with Crippen LogP contribution in [0, 0.1) is 0 Å². The van der Waals surface area contributed by atoms with Gasteiger partial charge in [-0.3, -0.25) is 4.98 Å². The molecular formula is C10H12F3N3O2S2. The van der Waals surface area contributed by atoms with Crippen molar-refractivity contribution >= 4 is 27.2 Å². The fraction of sp³-hybridized carbons (Fsp3) is 0.400. The summed E-state index contributed by atoms with van der Waals surface area (Å²) in [5.74, 6) is 0. The van der Waals surface area contributed by atoms with Crippen molar-refractivity contribution in [3.8, 4) is 0 Å². The van der Waals surface area contributed by atoms with E-state index in [0.717, 1.165) is 12.3 Å². The third-order valence-electron chi connectivity index (χ3n) is 2.33. The Hall–Kier alpha value is -1.26. The predicted octanol–water partition coefficient (Wildman–Crippen LogP) is 1.29. The van der Waals surface area contributed by atoms with Crippen molar-refractivity contribution in [1.29, 1.82) is 0 Å². The molecule has 0 radical (unpaired) electrons. The Kier molecular flexibility index (Phi) is 5.05. The summed E-state index contributed by atoms with van der Waals surface area (Å²) < 4.78 is 61.5. The van der Waals surface area contributed by atoms with Gasteiger partial charge in [0.05, 0.1) is 5.69 Å². The number of nitrogens with zero attached hydrogens (tertiary/aromatic N) is 2. The highest BCUT2D eigenvalue weighted by atomic mass is 32.2. The van der Waals surface area contributed by atoms with E-state index in [9.17, 15) is 21.6 Å². The lowest BCUT2D eigenvalue weighted by Crippen LogP contribution is -2.38. The molecule has 1 aromatic rings. The zero-order valence-electron chi connectivity index (χ0n) is 10.4. The molecule has 5 nitrogen and oxygen atoms in total. The number of alkyl halides is 3. The number of halogens is 3. The summed E-state index contributed by atoms with van der Waals surface area (Å²) in [4.78, 5) is 3.33. The summed E-state index contributed by atoms with van der Waals surface area (Å²) in [6.07, 6.45) is -3.68. The largest absolute Gasteiger partial charge is 0.402 e. The average molecular weight is 327 g/mol. The van der Waals surface area contributed by atoms with Crippen LogP contribution >= 0.6 is 12.2 Å². The molecule has 0 spiro atoms. The topological polar surface area (TPSA) is 76.3 Å². The van der Waals surface area contributed by atoms with E-state index in [-0.39, 0.29) is 22.1 Å². The minimum Gasteiger partial charge on any atom is -0.388 e. The molecule has 10 heteroatoms. The van der Waals surface area contributed by atoms with Crippen molar-refractivity contribution < 1.29 is 21.6 Å². The molecule has 0 saturated heterocycles. The van der Waals surface area contributed by atoms with E-state index < -0.39 is 22.7 Å². The summed E-state index contributed by atoms with van der Waals surface area (Å²) in [6, 6.07) is 2.37. The smallest absolute Gasteiger partial charge is 0.388 e. The quantitative estimate of drug-likeness (QED) is 0.825. The van der Waals surface area contributed by atoms with Gasteiger partial charge < -0.3 is 5.73 Å². The van der Waals surface area contributed by atoms with E-state index in [2.05, 4.69) is 17.2 Å². The second-order valence-electron chi connectivity index (χ2n) is 3.79. The van der Waals surface area contributed by atoms with Crippen molar-refractivity contribution in [3.05, 3.63) is 24.0 Å². The SMILES string of the molecule is CCN(CC(F)(F)F)S(=O)(=O)c1ccc(C(N)=S)nc1. The van der Waals surface area contributed by atoms with E-state index >= 15 is 0 Å². The van der Waals surface area contributed by atoms with Crippen LogP contribution in [-0.2, 0) is 10.0 Å². The lowest BCUT2D eigenvalue weighted by molar-refractivity contribution is -0.135. The summed E-state index contributed by atoms with van der Waals surface area (Å²) in [5.41, 5.74) is 5.49. The molecule has 0 fully saturated rings. The third kappa shape index (κ3) is 4.12. The van der Waals surface area contributed by atoms with E-state index in [0.29, 0.717) is 4.31 Å². The Morgan fingerprint density at radius 2 is 2.05 bits per heavy atom. The molecule has 0 aromatic carbocycles. The number of hydrogen-bond donors (Lipinski definition) is 1. The van der Waals surface area contributed by atoms with E-state index in [1.165, 1.54) is 13.0 Å². The maximum absolute atomic E-state index is 12.4. The molecule has 2 N–H and O–H groups in total. The highest BCUT2D eigenvalue weighted by molar-refractivity contribution is 7.89. The number of thiocarbonyl (C=S) groups is 1. The van der Waals surface area contributed by atoms with Crippen LogP contribution < -0.4 is 5.73 Å². The monoisotopic (exact) mass is 327 g/mol. The van der Waals surface area contributed by atoms with Crippen LogP contribution in [0.2, 0.25) is 0 Å². The lowest BCUT2D eigenvalue weighted by atomic mass is 10.3. The van der Waals surface area contributed by atoms with Crippen LogP contribution in [0.3, 0.4) is 0 Å². The summed E-state index contributed by atoms with van der Waals surface area (Å²) in [5, 5.41) is 0. The summed E-state index contributed by atoms with van der Waals surface area (Å²) in [7, 11) is -4.26. The van der Waals surface area contributed by atoms with Crippen LogP contribution in [0.25, 0.3) is 0 Å². The molecule has 1 heterocycles. The van der Waals surface area contributed by atoms with Crippen molar-refractivity contribution in [2.45, 2.75) is 18.0 Å². The summed E-state index contributed by atoms with van der Waals surface area (Å²) in [6.45, 7) is -0.540. The molecule has 0 aliphatic carbocycles. The molecule has 0 atom stereocenters. The van der Waals surface area contributed by atoms with Gasteiger partial charge in [0.25, 0.3) is 0 Å². The number of nitrogens with two attached hydrogens (primary N) is 1. The van der Waals surface area contributed by atoms with Crippen molar-refractivity contribution in [1.82, 2.24) is 9.29 Å². The normalized spacial score (nSPS) is 12.7. The maximum Gasteiger partial charge on any atom is 0.402 e. The second kappa shape index (κ2) is 6.02. The number of pyridine rings is 1. The van der Waals surface area contributed by atoms with Crippen LogP contribution in [0.1, 0.15) is 12.6 Å². The van der Waals surface area contributed by atoms with Crippen LogP contribution in [0.15, 0.2) is 23.2 Å². The van der Waals surface area contributed by atoms with Gasteiger partial charge >= 0.3 is 6.18 Å². The fourth-order valence-corrected chi connectivity index (χ4v) is 2.90. The summed E-state index contributed by atoms with van der Waals surface area (Å²) >= 11 is 4.65. The van der Waals surface area contributed by atoms with E-state index in [4.69, 9.17) is 5.73 Å². The first-order valence-corrected chi connectivity index (χ1v) is 7.25. The minimum atomic E-state index is -4.62. The van der Waals surface area contributed by atoms with Gasteiger partial charge in [0.2, 0.25) is 10.0 Å². The van der Waals surface area contributed by atoms with E-state index in [1.54, 1.807) is 0 Å². The van der Waals surface area contributed by atoms with Gasteiger partial charge in [0, 0.05) is 12.7 Å². The van der Waals surface area contributed by atoms with Gasteiger partial charge in [0.1, 0.15) is 16.4 Å². The minimum absolute atomic E-state index is 0.0309. The number of hydrogen-bond acceptors (Lipinski definition) is 4. The number of rotatable bonds is 5. The first-order chi connectivity index (χ1) is 9.08. The molecule has 20 heavy (non-hydrogen) atoms. The lowest BCUT2D eigenvalue weighted by Gasteiger charge is -2.21. The predicted molar refractivity (Wildman–Crippen MR) is 70.6 cm³/mol. The Bertz CT molecular complexity index is 585. The van der Waals surface area contributed by atoms with Crippen LogP contribution in [0.4, 0.5) is 13.2 Å². The molecular weight excluding hydrogens is 315 g/mol. The molecule has 0 aliphatic heterocycles.